The molecule has 1 aromatic rings. The number of amides is 1. The number of aliphatic carboxylic acids is 1. The van der Waals surface area contributed by atoms with Crippen LogP contribution in [0.1, 0.15) is 19.8 Å². The van der Waals surface area contributed by atoms with E-state index in [0.29, 0.717) is 5.13 Å². The monoisotopic (exact) mass is 228 g/mol. The van der Waals surface area contributed by atoms with E-state index in [2.05, 4.69) is 15.5 Å². The first-order valence-electron chi connectivity index (χ1n) is 4.36. The largest absolute Gasteiger partial charge is 0.550 e. The van der Waals surface area contributed by atoms with Crippen molar-refractivity contribution >= 4 is 28.3 Å². The van der Waals surface area contributed by atoms with Gasteiger partial charge >= 0.3 is 0 Å². The molecule has 0 spiro atoms. The quantitative estimate of drug-likeness (QED) is 0.742. The van der Waals surface area contributed by atoms with E-state index in [4.69, 9.17) is 0 Å². The first-order chi connectivity index (χ1) is 7.09. The molecule has 0 aliphatic rings. The topological polar surface area (TPSA) is 95.0 Å². The summed E-state index contributed by atoms with van der Waals surface area (Å²) in [5, 5.41) is 20.5. The minimum absolute atomic E-state index is 0.134. The zero-order chi connectivity index (χ0) is 11.3. The Balaban J connectivity index is 2.28. The van der Waals surface area contributed by atoms with Crippen molar-refractivity contribution in [3.05, 3.63) is 5.51 Å². The molecule has 7 heteroatoms. The van der Waals surface area contributed by atoms with Gasteiger partial charge in [-0.1, -0.05) is 18.3 Å². The maximum atomic E-state index is 11.3. The average Bonchev–Trinajstić information content (AvgIpc) is 2.66. The lowest BCUT2D eigenvalue weighted by Gasteiger charge is -2.10. The molecule has 0 aliphatic heterocycles. The fraction of sp³-hybridized carbons (Fsp3) is 0.500. The van der Waals surface area contributed by atoms with E-state index in [1.165, 1.54) is 23.8 Å². The van der Waals surface area contributed by atoms with Crippen molar-refractivity contribution in [1.82, 2.24) is 10.2 Å². The molecular weight excluding hydrogens is 218 g/mol. The normalized spacial score (nSPS) is 12.1. The zero-order valence-corrected chi connectivity index (χ0v) is 8.91. The molecule has 1 N–H and O–H groups in total. The minimum atomic E-state index is -1.14. The molecule has 1 amide bonds. The van der Waals surface area contributed by atoms with Gasteiger partial charge < -0.3 is 15.2 Å². The Kier molecular flexibility index (Phi) is 4.17. The van der Waals surface area contributed by atoms with Gasteiger partial charge in [0.05, 0.1) is 0 Å². The fourth-order valence-electron chi connectivity index (χ4n) is 0.875. The number of anilines is 1. The number of nitrogens with zero attached hydrogens (tertiary/aromatic N) is 2. The molecule has 0 bridgehead atoms. The molecule has 82 valence electrons. The van der Waals surface area contributed by atoms with Crippen molar-refractivity contribution in [2.75, 3.05) is 5.32 Å². The predicted octanol–water partition coefficient (Wildman–Crippen LogP) is -0.357. The smallest absolute Gasteiger partial charge is 0.226 e. The van der Waals surface area contributed by atoms with Crippen LogP contribution in [-0.2, 0) is 9.59 Å². The van der Waals surface area contributed by atoms with Crippen molar-refractivity contribution in [3.8, 4) is 0 Å². The number of nitrogens with one attached hydrogen (secondary N) is 1. The van der Waals surface area contributed by atoms with Crippen LogP contribution < -0.4 is 10.4 Å². The highest BCUT2D eigenvalue weighted by atomic mass is 32.1. The van der Waals surface area contributed by atoms with Gasteiger partial charge in [-0.2, -0.15) is 0 Å². The third kappa shape index (κ3) is 4.03. The van der Waals surface area contributed by atoms with Crippen LogP contribution in [0.4, 0.5) is 5.13 Å². The number of aromatic nitrogens is 2. The lowest BCUT2D eigenvalue weighted by molar-refractivity contribution is -0.311. The van der Waals surface area contributed by atoms with Crippen LogP contribution in [0, 0.1) is 5.92 Å². The van der Waals surface area contributed by atoms with E-state index in [9.17, 15) is 14.7 Å². The first-order valence-corrected chi connectivity index (χ1v) is 5.24. The van der Waals surface area contributed by atoms with Crippen molar-refractivity contribution in [2.45, 2.75) is 19.8 Å². The van der Waals surface area contributed by atoms with Crippen molar-refractivity contribution < 1.29 is 14.7 Å². The molecule has 0 aliphatic carbocycles. The van der Waals surface area contributed by atoms with E-state index in [1.54, 1.807) is 0 Å². The van der Waals surface area contributed by atoms with Crippen LogP contribution in [0.15, 0.2) is 5.51 Å². The highest BCUT2D eigenvalue weighted by Crippen LogP contribution is 2.10. The highest BCUT2D eigenvalue weighted by molar-refractivity contribution is 7.13. The van der Waals surface area contributed by atoms with Crippen LogP contribution in [0.2, 0.25) is 0 Å². The number of carboxylic acid groups (broad SMARTS) is 1. The summed E-state index contributed by atoms with van der Waals surface area (Å²) in [6.07, 6.45) is 0.391. The lowest BCUT2D eigenvalue weighted by Crippen LogP contribution is -2.30. The molecular formula is C8H10N3O3S-. The van der Waals surface area contributed by atoms with E-state index < -0.39 is 11.9 Å². The second-order valence-electron chi connectivity index (χ2n) is 3.05. The van der Waals surface area contributed by atoms with Crippen LogP contribution in [0.25, 0.3) is 0 Å². The molecule has 0 saturated heterocycles. The van der Waals surface area contributed by atoms with Crippen LogP contribution in [0.3, 0.4) is 0 Å². The average molecular weight is 228 g/mol. The van der Waals surface area contributed by atoms with Gasteiger partial charge in [-0.15, -0.1) is 10.2 Å². The number of hydrogen-bond donors (Lipinski definition) is 1. The van der Waals surface area contributed by atoms with E-state index in [1.807, 2.05) is 0 Å². The molecule has 1 aromatic heterocycles. The number of carbonyl (C=O) groups excluding carboxylic acids is 2. The Bertz CT molecular complexity index is 339. The summed E-state index contributed by atoms with van der Waals surface area (Å²) in [5.74, 6) is -2.02. The van der Waals surface area contributed by atoms with Crippen LogP contribution in [0.5, 0.6) is 0 Å². The van der Waals surface area contributed by atoms with Gasteiger partial charge in [-0.3, -0.25) is 4.79 Å². The Labute approximate surface area is 90.3 Å². The van der Waals surface area contributed by atoms with Crippen LogP contribution in [-0.4, -0.2) is 22.1 Å². The zero-order valence-electron chi connectivity index (χ0n) is 8.10. The molecule has 0 radical (unpaired) electrons. The molecule has 0 fully saturated rings. The summed E-state index contributed by atoms with van der Waals surface area (Å²) in [6.45, 7) is 1.51. The number of carbonyl (C=O) groups is 2. The van der Waals surface area contributed by atoms with E-state index in [-0.39, 0.29) is 18.7 Å². The van der Waals surface area contributed by atoms with Gasteiger partial charge in [0.15, 0.2) is 0 Å². The molecule has 1 atom stereocenters. The Morgan fingerprint density at radius 2 is 2.40 bits per heavy atom. The summed E-state index contributed by atoms with van der Waals surface area (Å²) in [7, 11) is 0. The fourth-order valence-corrected chi connectivity index (χ4v) is 1.34. The summed E-state index contributed by atoms with van der Waals surface area (Å²) < 4.78 is 0. The van der Waals surface area contributed by atoms with Gasteiger partial charge in [-0.25, -0.2) is 0 Å². The van der Waals surface area contributed by atoms with E-state index >= 15 is 0 Å². The molecule has 1 rings (SSSR count). The molecule has 15 heavy (non-hydrogen) atoms. The van der Waals surface area contributed by atoms with Crippen molar-refractivity contribution in [1.29, 1.82) is 0 Å². The van der Waals surface area contributed by atoms with Crippen molar-refractivity contribution in [2.24, 2.45) is 5.92 Å². The van der Waals surface area contributed by atoms with Gasteiger partial charge in [0.25, 0.3) is 0 Å². The number of rotatable bonds is 5. The summed E-state index contributed by atoms with van der Waals surface area (Å²) in [4.78, 5) is 21.6. The van der Waals surface area contributed by atoms with E-state index in [0.717, 1.165) is 0 Å². The molecule has 0 unspecified atom stereocenters. The standard InChI is InChI=1S/C8H11N3O3S/c1-5(7(13)14)2-3-6(12)10-8-11-9-4-15-8/h4-5H,2-3H2,1H3,(H,13,14)(H,10,11,12)/p-1/t5-/m1/s1. The third-order valence-corrected chi connectivity index (χ3v) is 2.42. The summed E-state index contributed by atoms with van der Waals surface area (Å²) >= 11 is 1.21. The van der Waals surface area contributed by atoms with Gasteiger partial charge in [0.2, 0.25) is 11.0 Å². The third-order valence-electron chi connectivity index (χ3n) is 1.81. The minimum Gasteiger partial charge on any atom is -0.550 e. The summed E-state index contributed by atoms with van der Waals surface area (Å²) in [5.41, 5.74) is 1.50. The summed E-state index contributed by atoms with van der Waals surface area (Å²) in [6, 6.07) is 0. The van der Waals surface area contributed by atoms with Crippen molar-refractivity contribution in [3.63, 3.8) is 0 Å². The van der Waals surface area contributed by atoms with Gasteiger partial charge in [0, 0.05) is 12.4 Å². The Morgan fingerprint density at radius 3 is 2.93 bits per heavy atom. The second-order valence-corrected chi connectivity index (χ2v) is 3.88. The maximum absolute atomic E-state index is 11.3. The molecule has 0 saturated carbocycles. The van der Waals surface area contributed by atoms with Gasteiger partial charge in [0.1, 0.15) is 5.51 Å². The maximum Gasteiger partial charge on any atom is 0.226 e. The molecule has 6 nitrogen and oxygen atoms in total. The van der Waals surface area contributed by atoms with Crippen LogP contribution >= 0.6 is 11.3 Å². The number of carboxylic acids is 1. The van der Waals surface area contributed by atoms with Gasteiger partial charge in [-0.05, 0) is 12.3 Å². The predicted molar refractivity (Wildman–Crippen MR) is 51.9 cm³/mol. The Morgan fingerprint density at radius 1 is 1.67 bits per heavy atom. The molecule has 0 aromatic carbocycles. The Hall–Kier alpha value is -1.50. The first kappa shape index (κ1) is 11.6. The number of hydrogen-bond acceptors (Lipinski definition) is 6. The SMILES string of the molecule is C[C@H](CCC(=O)Nc1nncs1)C(=O)[O-]. The second kappa shape index (κ2) is 5.40. The molecule has 1 heterocycles. The lowest BCUT2D eigenvalue weighted by atomic mass is 10.1. The highest BCUT2D eigenvalue weighted by Gasteiger charge is 2.08.